The number of carbonyl (C=O) groups is 4. The minimum atomic E-state index is -1.03. The van der Waals surface area contributed by atoms with E-state index in [2.05, 4.69) is 47.8 Å². The topological polar surface area (TPSA) is 93.6 Å². The molecule has 4 aromatic rings. The standard InChI is InChI=1S/C34H26Br3ClN2O5/c1-16-29(38)27(37)12-21-24(34(44)45-17(2)31(41)19-6-4-3-5-7-19)15-28(39-30(16)21)18-8-10-20(11-9-18)40-32(42)22-13-25(35)26(36)14-23(22)33(40)43/h3-12,15,17,22-23,25-26H,13-14H2,1-2H3. The molecule has 230 valence electrons. The van der Waals surface area contributed by atoms with Crippen molar-refractivity contribution in [3.8, 4) is 11.3 Å². The second kappa shape index (κ2) is 12.7. The van der Waals surface area contributed by atoms with Crippen LogP contribution in [0, 0.1) is 18.8 Å². The van der Waals surface area contributed by atoms with Gasteiger partial charge in [0.2, 0.25) is 17.6 Å². The fraction of sp³-hybridized carbons (Fsp3) is 0.265. The smallest absolute Gasteiger partial charge is 0.339 e. The molecule has 45 heavy (non-hydrogen) atoms. The lowest BCUT2D eigenvalue weighted by Gasteiger charge is -2.29. The number of aromatic nitrogens is 1. The number of aryl methyl sites for hydroxylation is 1. The fourth-order valence-corrected chi connectivity index (χ4v) is 7.93. The molecule has 11 heteroatoms. The Morgan fingerprint density at radius 3 is 2.16 bits per heavy atom. The Kier molecular flexibility index (Phi) is 9.04. The summed E-state index contributed by atoms with van der Waals surface area (Å²) in [5, 5.41) is 0.970. The van der Waals surface area contributed by atoms with Crippen LogP contribution in [0.3, 0.4) is 0 Å². The Labute approximate surface area is 290 Å². The Bertz CT molecular complexity index is 1840. The minimum Gasteiger partial charge on any atom is -0.451 e. The molecule has 1 aliphatic heterocycles. The summed E-state index contributed by atoms with van der Waals surface area (Å²) in [6.07, 6.45) is 0.155. The molecule has 2 amide bonds. The van der Waals surface area contributed by atoms with Crippen molar-refractivity contribution in [2.75, 3.05) is 4.90 Å². The van der Waals surface area contributed by atoms with Crippen LogP contribution >= 0.6 is 59.4 Å². The average molecular weight is 818 g/mol. The predicted molar refractivity (Wildman–Crippen MR) is 184 cm³/mol. The van der Waals surface area contributed by atoms with Gasteiger partial charge in [0, 0.05) is 30.6 Å². The second-order valence-electron chi connectivity index (χ2n) is 11.3. The summed E-state index contributed by atoms with van der Waals surface area (Å²) >= 11 is 17.3. The molecule has 3 aromatic carbocycles. The third-order valence-electron chi connectivity index (χ3n) is 8.49. The number of hydrogen-bond acceptors (Lipinski definition) is 6. The van der Waals surface area contributed by atoms with Gasteiger partial charge in [-0.1, -0.05) is 85.9 Å². The number of carbonyl (C=O) groups excluding carboxylic acids is 4. The van der Waals surface area contributed by atoms with Gasteiger partial charge in [0.05, 0.1) is 39.3 Å². The van der Waals surface area contributed by atoms with Crippen molar-refractivity contribution in [2.24, 2.45) is 11.8 Å². The van der Waals surface area contributed by atoms with Gasteiger partial charge in [-0.25, -0.2) is 9.78 Å². The van der Waals surface area contributed by atoms with Crippen molar-refractivity contribution >= 4 is 99.5 Å². The number of nitrogens with zero attached hydrogens (tertiary/aromatic N) is 2. The third-order valence-corrected chi connectivity index (χ3v) is 12.6. The largest absolute Gasteiger partial charge is 0.451 e. The normalized spacial score (nSPS) is 22.0. The van der Waals surface area contributed by atoms with E-state index in [0.717, 1.165) is 0 Å². The van der Waals surface area contributed by atoms with Crippen molar-refractivity contribution in [1.29, 1.82) is 0 Å². The summed E-state index contributed by atoms with van der Waals surface area (Å²) < 4.78 is 6.27. The Morgan fingerprint density at radius 2 is 1.56 bits per heavy atom. The van der Waals surface area contributed by atoms with Crippen LogP contribution in [0.15, 0.2) is 71.2 Å². The molecular weight excluding hydrogens is 792 g/mol. The highest BCUT2D eigenvalue weighted by Gasteiger charge is 2.52. The summed E-state index contributed by atoms with van der Waals surface area (Å²) in [4.78, 5) is 59.6. The van der Waals surface area contributed by atoms with Crippen molar-refractivity contribution in [2.45, 2.75) is 42.4 Å². The van der Waals surface area contributed by atoms with E-state index < -0.39 is 12.1 Å². The Morgan fingerprint density at radius 1 is 0.956 bits per heavy atom. The van der Waals surface area contributed by atoms with Crippen LogP contribution in [-0.4, -0.2) is 44.3 Å². The lowest BCUT2D eigenvalue weighted by Crippen LogP contribution is -2.34. The van der Waals surface area contributed by atoms with Gasteiger partial charge in [0.25, 0.3) is 0 Å². The first-order valence-corrected chi connectivity index (χ1v) is 17.3. The number of fused-ring (bicyclic) bond motifs is 2. The van der Waals surface area contributed by atoms with Crippen molar-refractivity contribution < 1.29 is 23.9 Å². The van der Waals surface area contributed by atoms with Gasteiger partial charge >= 0.3 is 5.97 Å². The van der Waals surface area contributed by atoms with Crippen molar-refractivity contribution in [1.82, 2.24) is 4.98 Å². The van der Waals surface area contributed by atoms with Crippen molar-refractivity contribution in [3.05, 3.63) is 92.9 Å². The van der Waals surface area contributed by atoms with Gasteiger partial charge in [0.15, 0.2) is 6.10 Å². The number of rotatable bonds is 6. The number of imide groups is 1. The van der Waals surface area contributed by atoms with Crippen LogP contribution in [0.4, 0.5) is 5.69 Å². The van der Waals surface area contributed by atoms with Gasteiger partial charge in [-0.05, 0) is 72.4 Å². The maximum Gasteiger partial charge on any atom is 0.339 e. The van der Waals surface area contributed by atoms with Gasteiger partial charge in [-0.15, -0.1) is 0 Å². The number of alkyl halides is 2. The first kappa shape index (κ1) is 32.0. The molecule has 0 N–H and O–H groups in total. The maximum absolute atomic E-state index is 13.6. The molecule has 0 bridgehead atoms. The van der Waals surface area contributed by atoms with E-state index in [1.807, 2.05) is 6.92 Å². The van der Waals surface area contributed by atoms with Crippen LogP contribution in [0.1, 0.15) is 46.0 Å². The first-order valence-electron chi connectivity index (χ1n) is 14.3. The zero-order valence-corrected chi connectivity index (χ0v) is 29.6. The molecule has 0 spiro atoms. The number of anilines is 1. The first-order chi connectivity index (χ1) is 21.5. The van der Waals surface area contributed by atoms with Crippen LogP contribution in [0.2, 0.25) is 5.02 Å². The number of benzene rings is 3. The third kappa shape index (κ3) is 5.90. The molecule has 1 saturated heterocycles. The molecule has 5 atom stereocenters. The zero-order chi connectivity index (χ0) is 32.2. The van der Waals surface area contributed by atoms with E-state index in [4.69, 9.17) is 21.3 Å². The lowest BCUT2D eigenvalue weighted by molar-refractivity contribution is -0.122. The molecule has 2 aliphatic rings. The fourth-order valence-electron chi connectivity index (χ4n) is 6.02. The Balaban J connectivity index is 1.34. The van der Waals surface area contributed by atoms with Crippen molar-refractivity contribution in [3.63, 3.8) is 0 Å². The van der Waals surface area contributed by atoms with Gasteiger partial charge in [0.1, 0.15) is 0 Å². The molecule has 6 rings (SSSR count). The molecule has 2 heterocycles. The molecule has 1 aromatic heterocycles. The summed E-state index contributed by atoms with van der Waals surface area (Å²) in [6, 6.07) is 18.9. The molecule has 2 fully saturated rings. The predicted octanol–water partition coefficient (Wildman–Crippen LogP) is 8.48. The maximum atomic E-state index is 13.6. The highest BCUT2D eigenvalue weighted by atomic mass is 79.9. The quantitative estimate of drug-likeness (QED) is 0.0840. The van der Waals surface area contributed by atoms with Crippen LogP contribution in [-0.2, 0) is 14.3 Å². The van der Waals surface area contributed by atoms with E-state index in [0.29, 0.717) is 61.3 Å². The highest BCUT2D eigenvalue weighted by Crippen LogP contribution is 2.44. The Hall–Kier alpha value is -2.92. The highest BCUT2D eigenvalue weighted by molar-refractivity contribution is 9.12. The number of ether oxygens (including phenoxy) is 1. The molecule has 7 nitrogen and oxygen atoms in total. The van der Waals surface area contributed by atoms with E-state index in [1.54, 1.807) is 73.7 Å². The van der Waals surface area contributed by atoms with Crippen LogP contribution < -0.4 is 4.90 Å². The monoisotopic (exact) mass is 814 g/mol. The summed E-state index contributed by atoms with van der Waals surface area (Å²) in [6.45, 7) is 3.35. The van der Waals surface area contributed by atoms with E-state index in [-0.39, 0.29) is 44.7 Å². The van der Waals surface area contributed by atoms with E-state index >= 15 is 0 Å². The molecule has 0 radical (unpaired) electrons. The number of pyridine rings is 1. The summed E-state index contributed by atoms with van der Waals surface area (Å²) in [7, 11) is 0. The second-order valence-corrected chi connectivity index (χ2v) is 14.9. The SMILES string of the molecule is Cc1c(Cl)c(Br)cc2c(C(=O)OC(C)C(=O)c3ccccc3)cc(-c3ccc(N4C(=O)C5CC(Br)C(Br)CC5C4=O)cc3)nc12. The number of ketones is 1. The number of halogens is 4. The molecular formula is C34H26Br3ClN2O5. The number of Topliss-reactive ketones (excluding diaryl/α,β-unsaturated/α-hetero) is 1. The number of amides is 2. The lowest BCUT2D eigenvalue weighted by atomic mass is 9.81. The van der Waals surface area contributed by atoms with Gasteiger partial charge < -0.3 is 4.74 Å². The van der Waals surface area contributed by atoms with Crippen LogP contribution in [0.5, 0.6) is 0 Å². The zero-order valence-electron chi connectivity index (χ0n) is 24.1. The van der Waals surface area contributed by atoms with Crippen LogP contribution in [0.25, 0.3) is 22.2 Å². The van der Waals surface area contributed by atoms with Gasteiger partial charge in [-0.3, -0.25) is 19.3 Å². The average Bonchev–Trinajstić information content (AvgIpc) is 3.27. The molecule has 5 unspecified atom stereocenters. The molecule has 1 saturated carbocycles. The van der Waals surface area contributed by atoms with Gasteiger partial charge in [-0.2, -0.15) is 0 Å². The minimum absolute atomic E-state index is 0.120. The summed E-state index contributed by atoms with van der Waals surface area (Å²) in [5.41, 5.74) is 3.42. The number of hydrogen-bond donors (Lipinski definition) is 0. The van der Waals surface area contributed by atoms with E-state index in [9.17, 15) is 19.2 Å². The number of esters is 1. The van der Waals surface area contributed by atoms with E-state index in [1.165, 1.54) is 4.90 Å². The summed E-state index contributed by atoms with van der Waals surface area (Å²) in [5.74, 6) is -2.08. The molecule has 1 aliphatic carbocycles.